The Morgan fingerprint density at radius 1 is 0.880 bits per heavy atom. The second-order valence-electron chi connectivity index (χ2n) is 5.40. The van der Waals surface area contributed by atoms with Crippen LogP contribution in [0.5, 0.6) is 0 Å². The number of anilines is 1. The molecular formula is C18H14N6O. The molecule has 0 bridgehead atoms. The van der Waals surface area contributed by atoms with E-state index in [9.17, 15) is 4.79 Å². The highest BCUT2D eigenvalue weighted by Gasteiger charge is 2.15. The van der Waals surface area contributed by atoms with Crippen molar-refractivity contribution >= 4 is 11.6 Å². The van der Waals surface area contributed by atoms with Crippen molar-refractivity contribution in [2.75, 3.05) is 5.32 Å². The number of aromatic nitrogens is 5. The molecule has 122 valence electrons. The molecule has 3 N–H and O–H groups in total. The maximum absolute atomic E-state index is 12.6. The van der Waals surface area contributed by atoms with Crippen LogP contribution in [0.15, 0.2) is 67.3 Å². The van der Waals surface area contributed by atoms with Crippen molar-refractivity contribution in [2.45, 2.75) is 0 Å². The second kappa shape index (κ2) is 6.40. The first-order chi connectivity index (χ1) is 12.3. The molecule has 0 unspecified atom stereocenters. The van der Waals surface area contributed by atoms with Gasteiger partial charge in [-0.2, -0.15) is 10.2 Å². The van der Waals surface area contributed by atoms with Crippen LogP contribution in [0, 0.1) is 0 Å². The van der Waals surface area contributed by atoms with Crippen LogP contribution < -0.4 is 5.32 Å². The van der Waals surface area contributed by atoms with Gasteiger partial charge in [0, 0.05) is 29.8 Å². The fourth-order valence-electron chi connectivity index (χ4n) is 2.54. The van der Waals surface area contributed by atoms with E-state index in [4.69, 9.17) is 0 Å². The average Bonchev–Trinajstić information content (AvgIpc) is 3.35. The van der Waals surface area contributed by atoms with Crippen LogP contribution in [-0.4, -0.2) is 31.3 Å². The molecule has 3 heterocycles. The van der Waals surface area contributed by atoms with Crippen LogP contribution in [0.4, 0.5) is 5.69 Å². The topological polar surface area (TPSA) is 99.4 Å². The molecule has 4 rings (SSSR count). The Balaban J connectivity index is 1.54. The van der Waals surface area contributed by atoms with Crippen molar-refractivity contribution in [2.24, 2.45) is 0 Å². The Hall–Kier alpha value is -3.74. The lowest BCUT2D eigenvalue weighted by Crippen LogP contribution is -2.12. The summed E-state index contributed by atoms with van der Waals surface area (Å²) in [6, 6.07) is 13.1. The number of rotatable bonds is 4. The first kappa shape index (κ1) is 14.8. The van der Waals surface area contributed by atoms with E-state index in [-0.39, 0.29) is 5.91 Å². The van der Waals surface area contributed by atoms with Gasteiger partial charge in [0.05, 0.1) is 23.1 Å². The van der Waals surface area contributed by atoms with Gasteiger partial charge in [0.1, 0.15) is 0 Å². The van der Waals surface area contributed by atoms with Gasteiger partial charge < -0.3 is 5.32 Å². The number of hydrogen-bond acceptors (Lipinski definition) is 4. The largest absolute Gasteiger partial charge is 0.322 e. The number of hydrogen-bond donors (Lipinski definition) is 3. The molecule has 0 spiro atoms. The van der Waals surface area contributed by atoms with Crippen molar-refractivity contribution in [3.05, 3.63) is 72.8 Å². The summed E-state index contributed by atoms with van der Waals surface area (Å²) in [7, 11) is 0. The van der Waals surface area contributed by atoms with Crippen LogP contribution in [0.1, 0.15) is 10.4 Å². The van der Waals surface area contributed by atoms with E-state index in [1.54, 1.807) is 18.6 Å². The lowest BCUT2D eigenvalue weighted by atomic mass is 10.1. The predicted molar refractivity (Wildman–Crippen MR) is 93.8 cm³/mol. The molecule has 25 heavy (non-hydrogen) atoms. The summed E-state index contributed by atoms with van der Waals surface area (Å²) in [6.07, 6.45) is 6.57. The minimum Gasteiger partial charge on any atom is -0.322 e. The van der Waals surface area contributed by atoms with Gasteiger partial charge in [0.25, 0.3) is 5.91 Å². The fraction of sp³-hybridized carbons (Fsp3) is 0. The average molecular weight is 330 g/mol. The van der Waals surface area contributed by atoms with Crippen molar-refractivity contribution in [3.8, 4) is 22.5 Å². The Bertz CT molecular complexity index is 974. The number of benzene rings is 1. The third kappa shape index (κ3) is 3.02. The van der Waals surface area contributed by atoms with Crippen LogP contribution in [-0.2, 0) is 0 Å². The monoisotopic (exact) mass is 330 g/mol. The van der Waals surface area contributed by atoms with Gasteiger partial charge in [-0.05, 0) is 35.9 Å². The van der Waals surface area contributed by atoms with Crippen LogP contribution in [0.2, 0.25) is 0 Å². The normalized spacial score (nSPS) is 10.6. The molecule has 0 aliphatic heterocycles. The van der Waals surface area contributed by atoms with Crippen molar-refractivity contribution in [1.29, 1.82) is 0 Å². The maximum Gasteiger partial charge on any atom is 0.259 e. The van der Waals surface area contributed by atoms with Crippen LogP contribution in [0.25, 0.3) is 22.5 Å². The number of carbonyl (C=O) groups excluding carboxylic acids is 1. The molecule has 1 amide bonds. The van der Waals surface area contributed by atoms with Crippen LogP contribution in [0.3, 0.4) is 0 Å². The van der Waals surface area contributed by atoms with Crippen molar-refractivity contribution < 1.29 is 4.79 Å². The predicted octanol–water partition coefficient (Wildman–Crippen LogP) is 3.11. The summed E-state index contributed by atoms with van der Waals surface area (Å²) in [6.45, 7) is 0. The molecule has 0 aliphatic carbocycles. The number of carbonyl (C=O) groups is 1. The van der Waals surface area contributed by atoms with Gasteiger partial charge in [0.15, 0.2) is 0 Å². The molecule has 0 aliphatic rings. The fourth-order valence-corrected chi connectivity index (χ4v) is 2.54. The second-order valence-corrected chi connectivity index (χ2v) is 5.40. The first-order valence-electron chi connectivity index (χ1n) is 7.66. The number of aromatic amines is 2. The summed E-state index contributed by atoms with van der Waals surface area (Å²) in [5, 5.41) is 16.6. The third-order valence-corrected chi connectivity index (χ3v) is 3.79. The summed E-state index contributed by atoms with van der Waals surface area (Å²) < 4.78 is 0. The van der Waals surface area contributed by atoms with Gasteiger partial charge in [-0.25, -0.2) is 0 Å². The SMILES string of the molecule is O=C(Nc1ccc(-c2ccn[nH]2)cc1)c1cn[nH]c1-c1cccnc1. The molecule has 3 aromatic heterocycles. The maximum atomic E-state index is 12.6. The zero-order chi connectivity index (χ0) is 17.1. The van der Waals surface area contributed by atoms with Crippen molar-refractivity contribution in [1.82, 2.24) is 25.4 Å². The smallest absolute Gasteiger partial charge is 0.259 e. The lowest BCUT2D eigenvalue weighted by molar-refractivity contribution is 0.102. The molecule has 7 nitrogen and oxygen atoms in total. The lowest BCUT2D eigenvalue weighted by Gasteiger charge is -2.06. The van der Waals surface area contributed by atoms with Gasteiger partial charge >= 0.3 is 0 Å². The Kier molecular flexibility index (Phi) is 3.80. The Morgan fingerprint density at radius 2 is 1.76 bits per heavy atom. The Morgan fingerprint density at radius 3 is 2.48 bits per heavy atom. The molecular weight excluding hydrogens is 316 g/mol. The summed E-state index contributed by atoms with van der Waals surface area (Å²) >= 11 is 0. The van der Waals surface area contributed by atoms with E-state index in [0.717, 1.165) is 16.8 Å². The highest BCUT2D eigenvalue weighted by atomic mass is 16.1. The summed E-state index contributed by atoms with van der Waals surface area (Å²) in [5.74, 6) is -0.234. The first-order valence-corrected chi connectivity index (χ1v) is 7.66. The zero-order valence-electron chi connectivity index (χ0n) is 13.1. The third-order valence-electron chi connectivity index (χ3n) is 3.79. The molecule has 4 aromatic rings. The number of pyridine rings is 1. The zero-order valence-corrected chi connectivity index (χ0v) is 13.1. The molecule has 0 saturated heterocycles. The summed E-state index contributed by atoms with van der Waals surface area (Å²) in [4.78, 5) is 16.6. The number of amides is 1. The van der Waals surface area contributed by atoms with Gasteiger partial charge in [-0.1, -0.05) is 12.1 Å². The highest BCUT2D eigenvalue weighted by molar-refractivity contribution is 6.08. The van der Waals surface area contributed by atoms with E-state index in [1.807, 2.05) is 42.5 Å². The van der Waals surface area contributed by atoms with Gasteiger partial charge in [0.2, 0.25) is 0 Å². The van der Waals surface area contributed by atoms with E-state index < -0.39 is 0 Å². The molecule has 0 saturated carbocycles. The number of nitrogens with one attached hydrogen (secondary N) is 3. The molecule has 0 atom stereocenters. The summed E-state index contributed by atoms with van der Waals surface area (Å²) in [5.41, 5.74) is 4.53. The number of H-pyrrole nitrogens is 2. The minimum absolute atomic E-state index is 0.234. The Labute approximate surface area is 143 Å². The quantitative estimate of drug-likeness (QED) is 0.535. The van der Waals surface area contributed by atoms with Crippen LogP contribution >= 0.6 is 0 Å². The highest BCUT2D eigenvalue weighted by Crippen LogP contribution is 2.22. The minimum atomic E-state index is -0.234. The molecule has 0 radical (unpaired) electrons. The van der Waals surface area contributed by atoms with E-state index in [2.05, 4.69) is 30.7 Å². The molecule has 7 heteroatoms. The molecule has 0 fully saturated rings. The van der Waals surface area contributed by atoms with E-state index in [1.165, 1.54) is 6.20 Å². The number of nitrogens with zero attached hydrogens (tertiary/aromatic N) is 3. The molecule has 1 aromatic carbocycles. The van der Waals surface area contributed by atoms with E-state index in [0.29, 0.717) is 16.9 Å². The van der Waals surface area contributed by atoms with Crippen molar-refractivity contribution in [3.63, 3.8) is 0 Å². The standard InChI is InChI=1S/C18H14N6O/c25-18(15-11-21-24-17(15)13-2-1-8-19-10-13)22-14-5-3-12(4-6-14)16-7-9-20-23-16/h1-11H,(H,20,23)(H,21,24)(H,22,25). The van der Waals surface area contributed by atoms with E-state index >= 15 is 0 Å². The van der Waals surface area contributed by atoms with Gasteiger partial charge in [-0.3, -0.25) is 20.0 Å². The van der Waals surface area contributed by atoms with Gasteiger partial charge in [-0.15, -0.1) is 0 Å².